The van der Waals surface area contributed by atoms with Gasteiger partial charge in [0, 0.05) is 13.1 Å². The molecule has 0 aliphatic carbocycles. The van der Waals surface area contributed by atoms with E-state index in [0.29, 0.717) is 25.9 Å². The van der Waals surface area contributed by atoms with Crippen molar-refractivity contribution in [2.45, 2.75) is 39.3 Å². The normalized spacial score (nSPS) is 15.0. The number of carbonyl (C=O) groups is 3. The van der Waals surface area contributed by atoms with Crippen LogP contribution in [0.1, 0.15) is 32.3 Å². The fourth-order valence-corrected chi connectivity index (χ4v) is 2.72. The molecule has 1 fully saturated rings. The molecule has 26 heavy (non-hydrogen) atoms. The third kappa shape index (κ3) is 5.37. The highest BCUT2D eigenvalue weighted by Gasteiger charge is 2.34. The maximum Gasteiger partial charge on any atom is 0.429 e. The second kappa shape index (κ2) is 9.07. The van der Waals surface area contributed by atoms with Crippen LogP contribution in [0.4, 0.5) is 9.59 Å². The first-order valence-corrected chi connectivity index (χ1v) is 8.67. The van der Waals surface area contributed by atoms with Gasteiger partial charge in [-0.2, -0.15) is 0 Å². The minimum absolute atomic E-state index is 0.108. The molecule has 142 valence electrons. The van der Waals surface area contributed by atoms with E-state index in [9.17, 15) is 19.5 Å². The van der Waals surface area contributed by atoms with Gasteiger partial charge in [0.1, 0.15) is 12.6 Å². The zero-order valence-electron chi connectivity index (χ0n) is 15.1. The van der Waals surface area contributed by atoms with Gasteiger partial charge in [-0.15, -0.1) is 0 Å². The molecule has 1 atom stereocenters. The number of carboxylic acid groups (broad SMARTS) is 1. The van der Waals surface area contributed by atoms with Crippen LogP contribution in [0.25, 0.3) is 0 Å². The number of hydrogen-bond donors (Lipinski definition) is 2. The summed E-state index contributed by atoms with van der Waals surface area (Å²) in [5.74, 6) is -0.980. The predicted octanol–water partition coefficient (Wildman–Crippen LogP) is 2.45. The summed E-state index contributed by atoms with van der Waals surface area (Å²) in [5.41, 5.74) is 0.846. The Hall–Kier alpha value is -2.77. The van der Waals surface area contributed by atoms with Gasteiger partial charge in [0.25, 0.3) is 0 Å². The van der Waals surface area contributed by atoms with Crippen LogP contribution in [0.5, 0.6) is 0 Å². The maximum absolute atomic E-state index is 12.4. The Morgan fingerprint density at radius 1 is 1.15 bits per heavy atom. The number of ether oxygens (including phenoxy) is 1. The Bertz CT molecular complexity index is 635. The van der Waals surface area contributed by atoms with E-state index in [1.165, 1.54) is 10.0 Å². The van der Waals surface area contributed by atoms with Gasteiger partial charge >= 0.3 is 18.1 Å². The van der Waals surface area contributed by atoms with E-state index >= 15 is 0 Å². The van der Waals surface area contributed by atoms with E-state index in [2.05, 4.69) is 5.32 Å². The van der Waals surface area contributed by atoms with Crippen LogP contribution in [0, 0.1) is 5.92 Å². The highest BCUT2D eigenvalue weighted by molar-refractivity contribution is 5.84. The molecular weight excluding hydrogens is 338 g/mol. The number of aliphatic carboxylic acids is 1. The van der Waals surface area contributed by atoms with Crippen LogP contribution >= 0.6 is 0 Å². The smallest absolute Gasteiger partial charge is 0.429 e. The zero-order chi connectivity index (χ0) is 19.1. The SMILES string of the molecule is CC(C)C[C@H](NC(=O)N1CCCN1C(=O)OCc1ccccc1)C(=O)O. The van der Waals surface area contributed by atoms with Crippen molar-refractivity contribution in [1.82, 2.24) is 15.3 Å². The fraction of sp³-hybridized carbons (Fsp3) is 0.500. The van der Waals surface area contributed by atoms with Crippen molar-refractivity contribution in [1.29, 1.82) is 0 Å². The summed E-state index contributed by atoms with van der Waals surface area (Å²) in [7, 11) is 0. The highest BCUT2D eigenvalue weighted by atomic mass is 16.6. The van der Waals surface area contributed by atoms with Gasteiger partial charge in [-0.25, -0.2) is 24.4 Å². The Labute approximate surface area is 152 Å². The molecule has 0 bridgehead atoms. The summed E-state index contributed by atoms with van der Waals surface area (Å²) >= 11 is 0. The van der Waals surface area contributed by atoms with Crippen molar-refractivity contribution in [3.8, 4) is 0 Å². The number of carbonyl (C=O) groups excluding carboxylic acids is 2. The second-order valence-corrected chi connectivity index (χ2v) is 6.61. The van der Waals surface area contributed by atoms with Gasteiger partial charge in [-0.3, -0.25) is 0 Å². The van der Waals surface area contributed by atoms with Crippen LogP contribution in [-0.4, -0.2) is 52.3 Å². The number of amides is 3. The Balaban J connectivity index is 1.94. The highest BCUT2D eigenvalue weighted by Crippen LogP contribution is 2.14. The summed E-state index contributed by atoms with van der Waals surface area (Å²) in [6.07, 6.45) is 0.292. The van der Waals surface area contributed by atoms with Crippen LogP contribution in [0.3, 0.4) is 0 Å². The first kappa shape index (κ1) is 19.6. The van der Waals surface area contributed by atoms with Crippen molar-refractivity contribution in [2.24, 2.45) is 5.92 Å². The lowest BCUT2D eigenvalue weighted by molar-refractivity contribution is -0.139. The number of rotatable bonds is 6. The summed E-state index contributed by atoms with van der Waals surface area (Å²) < 4.78 is 5.26. The molecule has 3 amide bonds. The fourth-order valence-electron chi connectivity index (χ4n) is 2.72. The monoisotopic (exact) mass is 363 g/mol. The molecule has 2 N–H and O–H groups in total. The number of nitrogens with zero attached hydrogens (tertiary/aromatic N) is 2. The number of benzene rings is 1. The third-order valence-corrected chi connectivity index (χ3v) is 3.98. The second-order valence-electron chi connectivity index (χ2n) is 6.61. The van der Waals surface area contributed by atoms with Gasteiger partial charge in [-0.05, 0) is 24.3 Å². The molecule has 1 heterocycles. The average Bonchev–Trinajstić information content (AvgIpc) is 3.09. The molecule has 2 rings (SSSR count). The lowest BCUT2D eigenvalue weighted by Crippen LogP contribution is -2.53. The number of carboxylic acids is 1. The number of hydrogen-bond acceptors (Lipinski definition) is 4. The first-order chi connectivity index (χ1) is 12.4. The molecule has 1 aromatic rings. The topological polar surface area (TPSA) is 99.2 Å². The van der Waals surface area contributed by atoms with Crippen molar-refractivity contribution >= 4 is 18.1 Å². The standard InChI is InChI=1S/C18H25N3O5/c1-13(2)11-15(16(22)23)19-17(24)20-9-6-10-21(20)18(25)26-12-14-7-4-3-5-8-14/h3-5,7-8,13,15H,6,9-12H2,1-2H3,(H,19,24)(H,22,23)/t15-/m0/s1. The summed E-state index contributed by atoms with van der Waals surface area (Å²) in [6.45, 7) is 4.55. The van der Waals surface area contributed by atoms with Crippen LogP contribution in [0.15, 0.2) is 30.3 Å². The molecule has 8 nitrogen and oxygen atoms in total. The van der Waals surface area contributed by atoms with Crippen molar-refractivity contribution < 1.29 is 24.2 Å². The van der Waals surface area contributed by atoms with E-state index in [0.717, 1.165) is 5.56 Å². The van der Waals surface area contributed by atoms with Crippen molar-refractivity contribution in [2.75, 3.05) is 13.1 Å². The van der Waals surface area contributed by atoms with E-state index in [1.54, 1.807) is 0 Å². The molecule has 1 aliphatic rings. The molecule has 1 aliphatic heterocycles. The van der Waals surface area contributed by atoms with Gasteiger partial charge in [0.15, 0.2) is 0 Å². The van der Waals surface area contributed by atoms with Crippen molar-refractivity contribution in [3.63, 3.8) is 0 Å². The molecule has 0 spiro atoms. The van der Waals surface area contributed by atoms with E-state index < -0.39 is 24.1 Å². The lowest BCUT2D eigenvalue weighted by atomic mass is 10.0. The Morgan fingerprint density at radius 3 is 2.42 bits per heavy atom. The Kier molecular flexibility index (Phi) is 6.82. The largest absolute Gasteiger partial charge is 0.480 e. The first-order valence-electron chi connectivity index (χ1n) is 8.67. The number of hydrazine groups is 1. The van der Waals surface area contributed by atoms with Crippen LogP contribution < -0.4 is 5.32 Å². The molecule has 0 aromatic heterocycles. The average molecular weight is 363 g/mol. The van der Waals surface area contributed by atoms with E-state index in [1.807, 2.05) is 44.2 Å². The molecule has 8 heteroatoms. The Morgan fingerprint density at radius 2 is 1.81 bits per heavy atom. The molecule has 0 unspecified atom stereocenters. The summed E-state index contributed by atoms with van der Waals surface area (Å²) in [6, 6.07) is 7.64. The molecule has 1 saturated heterocycles. The quantitative estimate of drug-likeness (QED) is 0.809. The summed E-state index contributed by atoms with van der Waals surface area (Å²) in [5, 5.41) is 14.2. The molecular formula is C18H25N3O5. The van der Waals surface area contributed by atoms with Gasteiger partial charge < -0.3 is 15.2 Å². The van der Waals surface area contributed by atoms with Crippen molar-refractivity contribution in [3.05, 3.63) is 35.9 Å². The third-order valence-electron chi connectivity index (χ3n) is 3.98. The minimum atomic E-state index is -1.09. The van der Waals surface area contributed by atoms with Gasteiger partial charge in [0.05, 0.1) is 0 Å². The van der Waals surface area contributed by atoms with Gasteiger partial charge in [0.2, 0.25) is 0 Å². The van der Waals surface area contributed by atoms with E-state index in [-0.39, 0.29) is 12.5 Å². The van der Waals surface area contributed by atoms with Gasteiger partial charge in [-0.1, -0.05) is 44.2 Å². The lowest BCUT2D eigenvalue weighted by Gasteiger charge is -2.28. The van der Waals surface area contributed by atoms with E-state index in [4.69, 9.17) is 4.74 Å². The minimum Gasteiger partial charge on any atom is -0.480 e. The maximum atomic E-state index is 12.4. The molecule has 1 aromatic carbocycles. The zero-order valence-corrected chi connectivity index (χ0v) is 15.1. The number of nitrogens with one attached hydrogen (secondary N) is 1. The molecule has 0 saturated carbocycles. The van der Waals surface area contributed by atoms with Crippen LogP contribution in [-0.2, 0) is 16.1 Å². The number of urea groups is 1. The van der Waals surface area contributed by atoms with Crippen LogP contribution in [0.2, 0.25) is 0 Å². The molecule has 0 radical (unpaired) electrons. The predicted molar refractivity (Wildman–Crippen MR) is 94.1 cm³/mol. The summed E-state index contributed by atoms with van der Waals surface area (Å²) in [4.78, 5) is 36.1.